The summed E-state index contributed by atoms with van der Waals surface area (Å²) in [4.78, 5) is 19.0. The van der Waals surface area contributed by atoms with E-state index in [1.54, 1.807) is 19.5 Å². The summed E-state index contributed by atoms with van der Waals surface area (Å²) < 4.78 is 5.19. The smallest absolute Gasteiger partial charge is 0.228 e. The first-order valence-corrected chi connectivity index (χ1v) is 9.24. The van der Waals surface area contributed by atoms with Crippen molar-refractivity contribution in [3.05, 3.63) is 24.5 Å². The number of pyridine rings is 1. The van der Waals surface area contributed by atoms with Gasteiger partial charge in [0.05, 0.1) is 19.0 Å². The Morgan fingerprint density at radius 1 is 1.31 bits per heavy atom. The summed E-state index contributed by atoms with van der Waals surface area (Å²) in [7, 11) is 1.60. The molecule has 26 heavy (non-hydrogen) atoms. The maximum Gasteiger partial charge on any atom is 0.228 e. The van der Waals surface area contributed by atoms with Crippen molar-refractivity contribution in [3.63, 3.8) is 0 Å². The molecule has 3 rings (SSSR count). The summed E-state index contributed by atoms with van der Waals surface area (Å²) in [6, 6.07) is 3.68. The first-order valence-electron chi connectivity index (χ1n) is 9.24. The first-order chi connectivity index (χ1) is 12.7. The Morgan fingerprint density at radius 3 is 2.88 bits per heavy atom. The molecule has 0 bridgehead atoms. The van der Waals surface area contributed by atoms with Crippen molar-refractivity contribution in [1.29, 1.82) is 0 Å². The molecule has 2 aromatic rings. The predicted octanol–water partition coefficient (Wildman–Crippen LogP) is 2.93. The summed E-state index contributed by atoms with van der Waals surface area (Å²) in [5, 5.41) is 10.0. The van der Waals surface area contributed by atoms with Crippen LogP contribution < -0.4 is 10.1 Å². The van der Waals surface area contributed by atoms with Crippen LogP contribution in [0.15, 0.2) is 24.5 Å². The van der Waals surface area contributed by atoms with Crippen molar-refractivity contribution in [2.45, 2.75) is 32.6 Å². The molecule has 1 amide bonds. The van der Waals surface area contributed by atoms with Gasteiger partial charge in [0.2, 0.25) is 5.91 Å². The molecular formula is C19H27N5O2. The van der Waals surface area contributed by atoms with Crippen LogP contribution >= 0.6 is 0 Å². The molecule has 0 aliphatic carbocycles. The summed E-state index contributed by atoms with van der Waals surface area (Å²) in [6.45, 7) is 5.27. The molecule has 1 atom stereocenters. The van der Waals surface area contributed by atoms with Crippen LogP contribution in [0.2, 0.25) is 0 Å². The predicted molar refractivity (Wildman–Crippen MR) is 101 cm³/mol. The highest BCUT2D eigenvalue weighted by atomic mass is 16.5. The number of ether oxygens (including phenoxy) is 1. The normalized spacial score (nSPS) is 16.2. The van der Waals surface area contributed by atoms with Gasteiger partial charge in [0.1, 0.15) is 5.75 Å². The zero-order valence-electron chi connectivity index (χ0n) is 15.5. The van der Waals surface area contributed by atoms with E-state index in [0.29, 0.717) is 11.6 Å². The fraction of sp³-hybridized carbons (Fsp3) is 0.526. The van der Waals surface area contributed by atoms with E-state index in [9.17, 15) is 4.79 Å². The van der Waals surface area contributed by atoms with Crippen LogP contribution in [0.4, 0.5) is 5.82 Å². The molecule has 7 nitrogen and oxygen atoms in total. The molecule has 0 aromatic carbocycles. The average Bonchev–Trinajstić information content (AvgIpc) is 3.15. The van der Waals surface area contributed by atoms with Gasteiger partial charge in [-0.3, -0.25) is 14.9 Å². The molecule has 0 radical (unpaired) electrons. The number of H-pyrrole nitrogens is 1. The highest BCUT2D eigenvalue weighted by Gasteiger charge is 2.17. The van der Waals surface area contributed by atoms with Gasteiger partial charge in [-0.1, -0.05) is 13.3 Å². The molecule has 0 spiro atoms. The number of likely N-dealkylation sites (tertiary alicyclic amines) is 1. The van der Waals surface area contributed by atoms with E-state index in [2.05, 4.69) is 25.4 Å². The molecular weight excluding hydrogens is 330 g/mol. The molecule has 2 N–H and O–H groups in total. The van der Waals surface area contributed by atoms with Gasteiger partial charge in [-0.15, -0.1) is 0 Å². The number of piperidine rings is 1. The van der Waals surface area contributed by atoms with E-state index in [-0.39, 0.29) is 11.8 Å². The zero-order chi connectivity index (χ0) is 18.4. The van der Waals surface area contributed by atoms with E-state index in [1.165, 1.54) is 19.3 Å². The van der Waals surface area contributed by atoms with Gasteiger partial charge < -0.3 is 15.0 Å². The van der Waals surface area contributed by atoms with Crippen molar-refractivity contribution in [3.8, 4) is 17.0 Å². The van der Waals surface area contributed by atoms with Crippen LogP contribution in [0.25, 0.3) is 11.3 Å². The fourth-order valence-corrected chi connectivity index (χ4v) is 3.15. The molecule has 2 aromatic heterocycles. The third kappa shape index (κ3) is 4.82. The number of aromatic nitrogens is 3. The Morgan fingerprint density at radius 2 is 2.12 bits per heavy atom. The van der Waals surface area contributed by atoms with Crippen molar-refractivity contribution >= 4 is 11.7 Å². The Kier molecular flexibility index (Phi) is 6.22. The topological polar surface area (TPSA) is 83.1 Å². The number of rotatable bonds is 7. The molecule has 7 heteroatoms. The molecule has 1 saturated heterocycles. The van der Waals surface area contributed by atoms with Crippen molar-refractivity contribution < 1.29 is 9.53 Å². The van der Waals surface area contributed by atoms with E-state index in [0.717, 1.165) is 37.3 Å². The lowest BCUT2D eigenvalue weighted by atomic mass is 10.1. The second-order valence-electron chi connectivity index (χ2n) is 6.86. The largest absolute Gasteiger partial charge is 0.495 e. The third-order valence-corrected chi connectivity index (χ3v) is 4.86. The highest BCUT2D eigenvalue weighted by molar-refractivity contribution is 5.91. The number of carbonyl (C=O) groups excluding carboxylic acids is 1. The van der Waals surface area contributed by atoms with Gasteiger partial charge in [-0.25, -0.2) is 0 Å². The number of nitrogens with one attached hydrogen (secondary N) is 2. The van der Waals surface area contributed by atoms with Crippen molar-refractivity contribution in [2.24, 2.45) is 5.92 Å². The van der Waals surface area contributed by atoms with Crippen LogP contribution in [0, 0.1) is 5.92 Å². The number of hydrogen-bond acceptors (Lipinski definition) is 5. The van der Waals surface area contributed by atoms with Crippen LogP contribution in [0.3, 0.4) is 0 Å². The van der Waals surface area contributed by atoms with E-state index in [4.69, 9.17) is 4.74 Å². The van der Waals surface area contributed by atoms with Gasteiger partial charge in [-0.05, 0) is 45.0 Å². The lowest BCUT2D eigenvalue weighted by Crippen LogP contribution is -2.33. The SMILES string of the molecule is COc1cncc(-c2cc(NC(=O)C(C)CCN3CCCCC3)n[nH]2)c1. The van der Waals surface area contributed by atoms with Crippen molar-refractivity contribution in [1.82, 2.24) is 20.1 Å². The Hall–Kier alpha value is -2.41. The molecule has 1 aliphatic heterocycles. The summed E-state index contributed by atoms with van der Waals surface area (Å²) in [5.41, 5.74) is 1.64. The molecule has 3 heterocycles. The highest BCUT2D eigenvalue weighted by Crippen LogP contribution is 2.23. The number of carbonyl (C=O) groups is 1. The minimum Gasteiger partial charge on any atom is -0.495 e. The number of nitrogens with zero attached hydrogens (tertiary/aromatic N) is 3. The molecule has 140 valence electrons. The summed E-state index contributed by atoms with van der Waals surface area (Å²) in [5.74, 6) is 1.16. The lowest BCUT2D eigenvalue weighted by Gasteiger charge is -2.27. The van der Waals surface area contributed by atoms with Gasteiger partial charge in [-0.2, -0.15) is 5.10 Å². The molecule has 1 fully saturated rings. The van der Waals surface area contributed by atoms with E-state index in [1.807, 2.05) is 19.1 Å². The zero-order valence-corrected chi connectivity index (χ0v) is 15.5. The Balaban J connectivity index is 1.53. The van der Waals surface area contributed by atoms with Crippen molar-refractivity contribution in [2.75, 3.05) is 32.1 Å². The van der Waals surface area contributed by atoms with Crippen LogP contribution in [-0.2, 0) is 4.79 Å². The van der Waals surface area contributed by atoms with Crippen LogP contribution in [0.1, 0.15) is 32.6 Å². The van der Waals surface area contributed by atoms with Gasteiger partial charge in [0, 0.05) is 23.7 Å². The first kappa shape index (κ1) is 18.4. The molecule has 1 unspecified atom stereocenters. The summed E-state index contributed by atoms with van der Waals surface area (Å²) in [6.07, 6.45) is 8.11. The maximum absolute atomic E-state index is 12.4. The van der Waals surface area contributed by atoms with E-state index < -0.39 is 0 Å². The minimum absolute atomic E-state index is 0.00354. The molecule has 0 saturated carbocycles. The Labute approximate surface area is 154 Å². The lowest BCUT2D eigenvalue weighted by molar-refractivity contribution is -0.119. The van der Waals surface area contributed by atoms with Crippen LogP contribution in [0.5, 0.6) is 5.75 Å². The molecule has 1 aliphatic rings. The number of amides is 1. The Bertz CT molecular complexity index is 724. The van der Waals surface area contributed by atoms with Gasteiger partial charge >= 0.3 is 0 Å². The number of methoxy groups -OCH3 is 1. The second-order valence-corrected chi connectivity index (χ2v) is 6.86. The monoisotopic (exact) mass is 357 g/mol. The third-order valence-electron chi connectivity index (χ3n) is 4.86. The maximum atomic E-state index is 12.4. The minimum atomic E-state index is -0.0458. The van der Waals surface area contributed by atoms with Gasteiger partial charge in [0.25, 0.3) is 0 Å². The van der Waals surface area contributed by atoms with E-state index >= 15 is 0 Å². The fourth-order valence-electron chi connectivity index (χ4n) is 3.15. The second kappa shape index (κ2) is 8.80. The number of aromatic amines is 1. The van der Waals surface area contributed by atoms with Gasteiger partial charge in [0.15, 0.2) is 5.82 Å². The summed E-state index contributed by atoms with van der Waals surface area (Å²) >= 11 is 0. The number of hydrogen-bond donors (Lipinski definition) is 2. The quantitative estimate of drug-likeness (QED) is 0.796. The standard InChI is InChI=1S/C19H27N5O2/c1-14(6-9-24-7-4-3-5-8-24)19(25)21-18-11-17(22-23-18)15-10-16(26-2)13-20-12-15/h10-14H,3-9H2,1-2H3,(H2,21,22,23,25). The average molecular weight is 357 g/mol. The number of anilines is 1. The van der Waals surface area contributed by atoms with Crippen LogP contribution in [-0.4, -0.2) is 52.7 Å².